The van der Waals surface area contributed by atoms with E-state index < -0.39 is 5.82 Å². The number of nitrogens with zero attached hydrogens (tertiary/aromatic N) is 4. The molecule has 34 heavy (non-hydrogen) atoms. The Morgan fingerprint density at radius 3 is 2.56 bits per heavy atom. The Kier molecular flexibility index (Phi) is 8.34. The number of methoxy groups -OCH3 is 1. The van der Waals surface area contributed by atoms with Crippen LogP contribution >= 0.6 is 11.6 Å². The Morgan fingerprint density at radius 1 is 1.09 bits per heavy atom. The number of halogens is 2. The van der Waals surface area contributed by atoms with Gasteiger partial charge in [0.05, 0.1) is 23.3 Å². The molecule has 4 rings (SSSR count). The summed E-state index contributed by atoms with van der Waals surface area (Å²) >= 11 is 5.93. The molecular formula is C24H31ClFN7O. The highest BCUT2D eigenvalue weighted by atomic mass is 35.5. The number of hydrogen-bond donors (Lipinski definition) is 3. The fourth-order valence-corrected chi connectivity index (χ4v) is 4.33. The van der Waals surface area contributed by atoms with Gasteiger partial charge in [0.25, 0.3) is 0 Å². The maximum Gasteiger partial charge on any atom is 0.144 e. The Morgan fingerprint density at radius 2 is 1.85 bits per heavy atom. The molecule has 2 heterocycles. The molecule has 0 bridgehead atoms. The second-order valence-corrected chi connectivity index (χ2v) is 8.71. The first-order valence-electron chi connectivity index (χ1n) is 11.5. The zero-order chi connectivity index (χ0) is 23.9. The Bertz CT molecular complexity index is 1110. The van der Waals surface area contributed by atoms with Crippen LogP contribution in [0.25, 0.3) is 10.9 Å². The highest BCUT2D eigenvalue weighted by Gasteiger charge is 2.16. The van der Waals surface area contributed by atoms with Crippen molar-refractivity contribution in [3.05, 3.63) is 47.5 Å². The Balaban J connectivity index is 1.41. The predicted molar refractivity (Wildman–Crippen MR) is 136 cm³/mol. The van der Waals surface area contributed by atoms with Crippen molar-refractivity contribution in [1.29, 1.82) is 0 Å². The molecular weight excluding hydrogens is 457 g/mol. The molecule has 2 aromatic carbocycles. The molecule has 1 aliphatic rings. The second-order valence-electron chi connectivity index (χ2n) is 8.30. The summed E-state index contributed by atoms with van der Waals surface area (Å²) in [6.07, 6.45) is 2.50. The number of piperazine rings is 1. The van der Waals surface area contributed by atoms with Crippen LogP contribution in [-0.4, -0.2) is 79.2 Å². The lowest BCUT2D eigenvalue weighted by Gasteiger charge is -2.34. The van der Waals surface area contributed by atoms with E-state index >= 15 is 0 Å². The van der Waals surface area contributed by atoms with Gasteiger partial charge in [-0.3, -0.25) is 4.90 Å². The molecule has 3 aromatic rings. The maximum absolute atomic E-state index is 13.5. The molecule has 0 saturated carbocycles. The summed E-state index contributed by atoms with van der Waals surface area (Å²) in [5.41, 5.74) is 7.91. The molecule has 10 heteroatoms. The lowest BCUT2D eigenvalue weighted by molar-refractivity contribution is 0.135. The fourth-order valence-electron chi connectivity index (χ4n) is 4.15. The molecule has 0 aliphatic carbocycles. The van der Waals surface area contributed by atoms with E-state index in [0.717, 1.165) is 81.1 Å². The normalized spacial score (nSPS) is 14.9. The number of benzene rings is 2. The second kappa shape index (κ2) is 11.6. The summed E-state index contributed by atoms with van der Waals surface area (Å²) in [5, 5.41) is 7.58. The number of hydrogen-bond acceptors (Lipinski definition) is 8. The summed E-state index contributed by atoms with van der Waals surface area (Å²) in [5.74, 6) is 0.861. The molecule has 0 atom stereocenters. The highest BCUT2D eigenvalue weighted by Crippen LogP contribution is 2.33. The minimum atomic E-state index is -0.464. The fraction of sp³-hybridized carbons (Fsp3) is 0.417. The molecule has 0 radical (unpaired) electrons. The molecule has 4 N–H and O–H groups in total. The van der Waals surface area contributed by atoms with Gasteiger partial charge in [-0.05, 0) is 37.2 Å². The molecule has 182 valence electrons. The monoisotopic (exact) mass is 487 g/mol. The first-order chi connectivity index (χ1) is 16.6. The van der Waals surface area contributed by atoms with E-state index in [4.69, 9.17) is 22.1 Å². The molecule has 1 fully saturated rings. The van der Waals surface area contributed by atoms with Gasteiger partial charge in [-0.25, -0.2) is 14.4 Å². The number of nitrogens with two attached hydrogens (primary N) is 1. The van der Waals surface area contributed by atoms with Gasteiger partial charge in [-0.1, -0.05) is 11.6 Å². The predicted octanol–water partition coefficient (Wildman–Crippen LogP) is 3.55. The van der Waals surface area contributed by atoms with Crippen LogP contribution in [0.2, 0.25) is 5.02 Å². The van der Waals surface area contributed by atoms with E-state index in [-0.39, 0.29) is 5.02 Å². The van der Waals surface area contributed by atoms with Crippen LogP contribution in [0, 0.1) is 5.82 Å². The van der Waals surface area contributed by atoms with E-state index in [1.54, 1.807) is 13.2 Å². The van der Waals surface area contributed by atoms with Crippen molar-refractivity contribution in [2.75, 3.05) is 70.1 Å². The van der Waals surface area contributed by atoms with Crippen LogP contribution in [0.3, 0.4) is 0 Å². The van der Waals surface area contributed by atoms with Crippen molar-refractivity contribution in [3.8, 4) is 5.75 Å². The zero-order valence-corrected chi connectivity index (χ0v) is 20.1. The average molecular weight is 488 g/mol. The lowest BCUT2D eigenvalue weighted by atomic mass is 10.1. The number of rotatable bonds is 10. The van der Waals surface area contributed by atoms with Crippen LogP contribution in [0.5, 0.6) is 5.75 Å². The van der Waals surface area contributed by atoms with E-state index in [1.165, 1.54) is 18.5 Å². The van der Waals surface area contributed by atoms with Gasteiger partial charge < -0.3 is 26.0 Å². The standard InChI is InChI=1S/C24H31ClFN7O/c1-34-23-15-21-18(24(30-16-29-21)31-17-3-4-20(26)19(25)13-17)14-22(23)28-6-2-7-32-9-11-33(8-5-27)12-10-32/h3-4,13-16,28H,2,5-12,27H2,1H3,(H,29,30,31). The molecule has 0 unspecified atom stereocenters. The first-order valence-corrected chi connectivity index (χ1v) is 11.9. The van der Waals surface area contributed by atoms with Crippen molar-refractivity contribution in [3.63, 3.8) is 0 Å². The van der Waals surface area contributed by atoms with Crippen LogP contribution in [-0.2, 0) is 0 Å². The van der Waals surface area contributed by atoms with E-state index in [9.17, 15) is 4.39 Å². The smallest absolute Gasteiger partial charge is 0.144 e. The molecule has 1 aromatic heterocycles. The van der Waals surface area contributed by atoms with Crippen LogP contribution in [0.1, 0.15) is 6.42 Å². The quantitative estimate of drug-likeness (QED) is 0.374. The third-order valence-corrected chi connectivity index (χ3v) is 6.31. The van der Waals surface area contributed by atoms with Gasteiger partial charge >= 0.3 is 0 Å². The summed E-state index contributed by atoms with van der Waals surface area (Å²) in [4.78, 5) is 13.7. The third-order valence-electron chi connectivity index (χ3n) is 6.02. The summed E-state index contributed by atoms with van der Waals surface area (Å²) < 4.78 is 19.1. The molecule has 0 amide bonds. The topological polar surface area (TPSA) is 91.6 Å². The first kappa shape index (κ1) is 24.4. The number of aromatic nitrogens is 2. The molecule has 0 spiro atoms. The van der Waals surface area contributed by atoms with Crippen LogP contribution in [0.15, 0.2) is 36.7 Å². The Hall–Kier alpha value is -2.72. The summed E-state index contributed by atoms with van der Waals surface area (Å²) in [7, 11) is 1.65. The molecule has 1 aliphatic heterocycles. The molecule has 8 nitrogen and oxygen atoms in total. The number of ether oxygens (including phenoxy) is 1. The summed E-state index contributed by atoms with van der Waals surface area (Å²) in [6, 6.07) is 8.34. The van der Waals surface area contributed by atoms with Crippen molar-refractivity contribution in [2.45, 2.75) is 6.42 Å². The Labute approximate surface area is 204 Å². The van der Waals surface area contributed by atoms with Crippen molar-refractivity contribution >= 4 is 39.7 Å². The maximum atomic E-state index is 13.5. The SMILES string of the molecule is COc1cc2ncnc(Nc3ccc(F)c(Cl)c3)c2cc1NCCCN1CCN(CCN)CC1. The van der Waals surface area contributed by atoms with Gasteiger partial charge in [0.15, 0.2) is 0 Å². The van der Waals surface area contributed by atoms with Crippen LogP contribution in [0.4, 0.5) is 21.6 Å². The minimum absolute atomic E-state index is 0.0492. The number of nitrogens with one attached hydrogen (secondary N) is 2. The van der Waals surface area contributed by atoms with Crippen molar-refractivity contribution in [2.24, 2.45) is 5.73 Å². The lowest BCUT2D eigenvalue weighted by Crippen LogP contribution is -2.48. The average Bonchev–Trinajstić information content (AvgIpc) is 2.85. The third kappa shape index (κ3) is 6.04. The van der Waals surface area contributed by atoms with Gasteiger partial charge in [0.2, 0.25) is 0 Å². The summed E-state index contributed by atoms with van der Waals surface area (Å²) in [6.45, 7) is 7.88. The zero-order valence-electron chi connectivity index (χ0n) is 19.4. The highest BCUT2D eigenvalue weighted by molar-refractivity contribution is 6.31. The van der Waals surface area contributed by atoms with Crippen LogP contribution < -0.4 is 21.1 Å². The number of anilines is 3. The van der Waals surface area contributed by atoms with E-state index in [0.29, 0.717) is 11.5 Å². The van der Waals surface area contributed by atoms with Gasteiger partial charge in [-0.15, -0.1) is 0 Å². The van der Waals surface area contributed by atoms with Crippen molar-refractivity contribution in [1.82, 2.24) is 19.8 Å². The van der Waals surface area contributed by atoms with Gasteiger partial charge in [-0.2, -0.15) is 0 Å². The van der Waals surface area contributed by atoms with Gasteiger partial charge in [0, 0.05) is 63.0 Å². The minimum Gasteiger partial charge on any atom is -0.495 e. The van der Waals surface area contributed by atoms with Crippen molar-refractivity contribution < 1.29 is 9.13 Å². The largest absolute Gasteiger partial charge is 0.495 e. The number of fused-ring (bicyclic) bond motifs is 1. The molecule has 1 saturated heterocycles. The van der Waals surface area contributed by atoms with E-state index in [2.05, 4.69) is 30.4 Å². The van der Waals surface area contributed by atoms with Gasteiger partial charge in [0.1, 0.15) is 23.7 Å². The van der Waals surface area contributed by atoms with E-state index in [1.807, 2.05) is 12.1 Å².